The van der Waals surface area contributed by atoms with E-state index in [1.807, 2.05) is 0 Å². The zero-order valence-electron chi connectivity index (χ0n) is 6.79. The summed E-state index contributed by atoms with van der Waals surface area (Å²) in [6.45, 7) is 0. The molecule has 0 aliphatic rings. The highest BCUT2D eigenvalue weighted by atomic mass is 19.4. The second-order valence-corrected chi connectivity index (χ2v) is 2.52. The van der Waals surface area contributed by atoms with Gasteiger partial charge in [0.05, 0.1) is 11.8 Å². The molecule has 1 aromatic rings. The van der Waals surface area contributed by atoms with Gasteiger partial charge in [0.25, 0.3) is 0 Å². The van der Waals surface area contributed by atoms with Crippen molar-refractivity contribution in [1.82, 2.24) is 9.78 Å². The maximum absolute atomic E-state index is 12.5. The second-order valence-electron chi connectivity index (χ2n) is 2.52. The van der Waals surface area contributed by atoms with Crippen molar-refractivity contribution in [2.24, 2.45) is 0 Å². The van der Waals surface area contributed by atoms with Crippen molar-refractivity contribution in [3.8, 4) is 0 Å². The predicted octanol–water partition coefficient (Wildman–Crippen LogP) is 1.69. The van der Waals surface area contributed by atoms with Crippen LogP contribution in [0.15, 0.2) is 12.4 Å². The molecular formula is C6H3F5N2O2. The Bertz CT molecular complexity index is 383. The van der Waals surface area contributed by atoms with Crippen molar-refractivity contribution >= 4 is 5.97 Å². The number of carboxylic acids is 1. The van der Waals surface area contributed by atoms with Crippen LogP contribution in [0.4, 0.5) is 22.0 Å². The fraction of sp³-hybridized carbons (Fsp3) is 0.333. The van der Waals surface area contributed by atoms with Crippen LogP contribution in [0.3, 0.4) is 0 Å². The predicted molar refractivity (Wildman–Crippen MR) is 35.4 cm³/mol. The lowest BCUT2D eigenvalue weighted by Crippen LogP contribution is -2.39. The fourth-order valence-corrected chi connectivity index (χ4v) is 0.717. The lowest BCUT2D eigenvalue weighted by Gasteiger charge is -2.18. The topological polar surface area (TPSA) is 55.1 Å². The van der Waals surface area contributed by atoms with Gasteiger partial charge in [-0.3, -0.25) is 0 Å². The van der Waals surface area contributed by atoms with Crippen LogP contribution < -0.4 is 0 Å². The maximum Gasteiger partial charge on any atom is 0.477 e. The number of hydrogen-bond donors (Lipinski definition) is 1. The molecule has 0 fully saturated rings. The SMILES string of the molecule is O=C(O)c1cnn(C(F)(F)C(F)(F)F)c1. The highest BCUT2D eigenvalue weighted by Crippen LogP contribution is 2.39. The lowest BCUT2D eigenvalue weighted by atomic mass is 10.4. The summed E-state index contributed by atoms with van der Waals surface area (Å²) in [6.07, 6.45) is -5.31. The number of carbonyl (C=O) groups is 1. The Hall–Kier alpha value is -1.67. The molecule has 9 heteroatoms. The molecule has 0 saturated heterocycles. The minimum absolute atomic E-state index is 0.107. The summed E-state index contributed by atoms with van der Waals surface area (Å²) >= 11 is 0. The Morgan fingerprint density at radius 1 is 1.33 bits per heavy atom. The van der Waals surface area contributed by atoms with Gasteiger partial charge in [-0.2, -0.15) is 27.1 Å². The highest BCUT2D eigenvalue weighted by Gasteiger charge is 2.60. The summed E-state index contributed by atoms with van der Waals surface area (Å²) in [5.41, 5.74) is -0.751. The number of aromatic carboxylic acids is 1. The van der Waals surface area contributed by atoms with E-state index in [4.69, 9.17) is 5.11 Å². The van der Waals surface area contributed by atoms with E-state index >= 15 is 0 Å². The molecule has 1 aromatic heterocycles. The molecule has 0 amide bonds. The Morgan fingerprint density at radius 3 is 2.20 bits per heavy atom. The summed E-state index contributed by atoms with van der Waals surface area (Å²) in [6, 6.07) is -5.22. The molecule has 15 heavy (non-hydrogen) atoms. The van der Waals surface area contributed by atoms with Gasteiger partial charge in [0, 0.05) is 6.20 Å². The maximum atomic E-state index is 12.5. The van der Waals surface area contributed by atoms with Gasteiger partial charge in [-0.1, -0.05) is 0 Å². The molecule has 4 nitrogen and oxygen atoms in total. The quantitative estimate of drug-likeness (QED) is 0.786. The van der Waals surface area contributed by atoms with Gasteiger partial charge in [0.1, 0.15) is 0 Å². The molecule has 84 valence electrons. The van der Waals surface area contributed by atoms with E-state index in [1.54, 1.807) is 0 Å². The molecule has 0 spiro atoms. The average molecular weight is 230 g/mol. The minimum atomic E-state index is -5.82. The van der Waals surface area contributed by atoms with E-state index in [2.05, 4.69) is 5.10 Å². The van der Waals surface area contributed by atoms with Crippen molar-refractivity contribution in [1.29, 1.82) is 0 Å². The number of rotatable bonds is 2. The molecule has 0 aliphatic carbocycles. The number of nitrogens with zero attached hydrogens (tertiary/aromatic N) is 2. The normalized spacial score (nSPS) is 12.9. The lowest BCUT2D eigenvalue weighted by molar-refractivity contribution is -0.328. The third-order valence-corrected chi connectivity index (χ3v) is 1.46. The summed E-state index contributed by atoms with van der Waals surface area (Å²) in [4.78, 5) is 10.2. The van der Waals surface area contributed by atoms with Crippen LogP contribution in [0.25, 0.3) is 0 Å². The Balaban J connectivity index is 3.11. The molecule has 0 aromatic carbocycles. The van der Waals surface area contributed by atoms with E-state index in [9.17, 15) is 26.7 Å². The third kappa shape index (κ3) is 1.90. The highest BCUT2D eigenvalue weighted by molar-refractivity contribution is 5.86. The van der Waals surface area contributed by atoms with Crippen molar-refractivity contribution < 1.29 is 31.9 Å². The first-order valence-corrected chi connectivity index (χ1v) is 3.39. The van der Waals surface area contributed by atoms with E-state index in [-0.39, 0.29) is 6.20 Å². The third-order valence-electron chi connectivity index (χ3n) is 1.46. The first-order chi connectivity index (χ1) is 6.66. The van der Waals surface area contributed by atoms with Crippen LogP contribution in [-0.2, 0) is 6.05 Å². The van der Waals surface area contributed by atoms with Crippen LogP contribution in [0, 0.1) is 0 Å². The van der Waals surface area contributed by atoms with Gasteiger partial charge in [-0.05, 0) is 0 Å². The molecule has 0 bridgehead atoms. The molecule has 1 rings (SSSR count). The summed E-state index contributed by atoms with van der Waals surface area (Å²) in [7, 11) is 0. The second kappa shape index (κ2) is 3.17. The van der Waals surface area contributed by atoms with Gasteiger partial charge >= 0.3 is 18.2 Å². The zero-order valence-corrected chi connectivity index (χ0v) is 6.79. The number of halogens is 5. The Morgan fingerprint density at radius 2 is 1.87 bits per heavy atom. The van der Waals surface area contributed by atoms with E-state index in [0.29, 0.717) is 6.20 Å². The minimum Gasteiger partial charge on any atom is -0.478 e. The number of hydrogen-bond acceptors (Lipinski definition) is 2. The summed E-state index contributed by atoms with van der Waals surface area (Å²) in [5.74, 6) is -1.64. The van der Waals surface area contributed by atoms with Crippen LogP contribution in [0.2, 0.25) is 0 Å². The number of alkyl halides is 5. The van der Waals surface area contributed by atoms with Crippen molar-refractivity contribution in [3.63, 3.8) is 0 Å². The average Bonchev–Trinajstić information content (AvgIpc) is 2.49. The molecule has 0 atom stereocenters. The zero-order chi connectivity index (χ0) is 11.9. The Kier molecular flexibility index (Phi) is 2.41. The van der Waals surface area contributed by atoms with Crippen LogP contribution >= 0.6 is 0 Å². The fourth-order valence-electron chi connectivity index (χ4n) is 0.717. The van der Waals surface area contributed by atoms with Gasteiger partial charge in [-0.25, -0.2) is 9.48 Å². The molecular weight excluding hydrogens is 227 g/mol. The van der Waals surface area contributed by atoms with E-state index < -0.39 is 28.4 Å². The molecule has 0 radical (unpaired) electrons. The molecule has 1 N–H and O–H groups in total. The van der Waals surface area contributed by atoms with Gasteiger partial charge in [-0.15, -0.1) is 0 Å². The van der Waals surface area contributed by atoms with Crippen molar-refractivity contribution in [3.05, 3.63) is 18.0 Å². The van der Waals surface area contributed by atoms with Crippen molar-refractivity contribution in [2.45, 2.75) is 12.2 Å². The molecule has 0 aliphatic heterocycles. The first-order valence-electron chi connectivity index (χ1n) is 3.39. The summed E-state index contributed by atoms with van der Waals surface area (Å²) < 4.78 is 59.6. The van der Waals surface area contributed by atoms with Crippen molar-refractivity contribution in [2.75, 3.05) is 0 Å². The molecule has 1 heterocycles. The molecule has 0 unspecified atom stereocenters. The van der Waals surface area contributed by atoms with Gasteiger partial charge in [0.2, 0.25) is 0 Å². The molecule has 0 saturated carbocycles. The van der Waals surface area contributed by atoms with Gasteiger partial charge < -0.3 is 5.11 Å². The first kappa shape index (κ1) is 11.4. The largest absolute Gasteiger partial charge is 0.478 e. The van der Waals surface area contributed by atoms with E-state index in [1.165, 1.54) is 0 Å². The standard InChI is InChI=1S/C6H3F5N2O2/c7-5(8,9)6(10,11)13-2-3(1-12-13)4(14)15/h1-2H,(H,14,15). The smallest absolute Gasteiger partial charge is 0.477 e. The van der Waals surface area contributed by atoms with Gasteiger partial charge in [0.15, 0.2) is 0 Å². The Labute approximate surface area is 78.9 Å². The number of carboxylic acid groups (broad SMARTS) is 1. The van der Waals surface area contributed by atoms with Crippen LogP contribution in [-0.4, -0.2) is 27.0 Å². The summed E-state index contributed by atoms with van der Waals surface area (Å²) in [5, 5.41) is 10.9. The van der Waals surface area contributed by atoms with Crippen LogP contribution in [0.1, 0.15) is 10.4 Å². The van der Waals surface area contributed by atoms with E-state index in [0.717, 1.165) is 0 Å². The number of aromatic nitrogens is 2. The van der Waals surface area contributed by atoms with Crippen LogP contribution in [0.5, 0.6) is 0 Å². The monoisotopic (exact) mass is 230 g/mol.